The van der Waals surface area contributed by atoms with Crippen LogP contribution >= 0.6 is 0 Å². The van der Waals surface area contributed by atoms with Crippen molar-refractivity contribution in [3.05, 3.63) is 48.6 Å². The molecule has 4 N–H and O–H groups in total. The summed E-state index contributed by atoms with van der Waals surface area (Å²) in [6.45, 7) is 3.64. The Morgan fingerprint density at radius 2 is 1.09 bits per heavy atom. The monoisotopic (exact) mass is 814 g/mol. The van der Waals surface area contributed by atoms with Crippen molar-refractivity contribution in [2.45, 2.75) is 192 Å². The van der Waals surface area contributed by atoms with Crippen LogP contribution in [0.3, 0.4) is 0 Å². The topological polar surface area (TPSA) is 186 Å². The smallest absolute Gasteiger partial charge is 0.306 e. The minimum atomic E-state index is -4.60. The minimum absolute atomic E-state index is 0.147. The summed E-state index contributed by atoms with van der Waals surface area (Å²) < 4.78 is 53.9. The molecule has 1 aliphatic rings. The summed E-state index contributed by atoms with van der Waals surface area (Å²) in [4.78, 5) is 25.3. The minimum Gasteiger partial charge on any atom is -0.462 e. The maximum Gasteiger partial charge on any atom is 0.306 e. The van der Waals surface area contributed by atoms with Crippen molar-refractivity contribution in [2.24, 2.45) is 0 Å². The molecule has 12 nitrogen and oxygen atoms in total. The first-order chi connectivity index (χ1) is 27.0. The normalized spacial score (nSPS) is 21.1. The zero-order chi connectivity index (χ0) is 41.3. The van der Waals surface area contributed by atoms with Gasteiger partial charge in [-0.1, -0.05) is 120 Å². The Kier molecular flexibility index (Phi) is 30.9. The number of rotatable bonds is 34. The lowest BCUT2D eigenvalue weighted by molar-refractivity contribution is -0.297. The third kappa shape index (κ3) is 28.1. The van der Waals surface area contributed by atoms with Crippen molar-refractivity contribution in [3.63, 3.8) is 0 Å². The Hall–Kier alpha value is -2.39. The largest absolute Gasteiger partial charge is 0.462 e. The maximum absolute atomic E-state index is 12.7. The van der Waals surface area contributed by atoms with Gasteiger partial charge in [-0.25, -0.2) is 0 Å². The van der Waals surface area contributed by atoms with E-state index in [0.717, 1.165) is 83.5 Å². The van der Waals surface area contributed by atoms with Gasteiger partial charge in [-0.2, -0.15) is 8.42 Å². The number of unbranched alkanes of at least 4 members (excludes halogenated alkanes) is 14. The van der Waals surface area contributed by atoms with Crippen LogP contribution < -0.4 is 0 Å². The first-order valence-corrected chi connectivity index (χ1v) is 22.8. The van der Waals surface area contributed by atoms with Gasteiger partial charge < -0.3 is 34.3 Å². The SMILES string of the molecule is CCCC/C=C/CCCCCCCC(=O)O[C@H](COC(=O)CCCCCC/C=C/C/C=C/C/C=C/CCCCC)CO[C@H]1O[C@H](CS(=O)(=O)O)[C@@H](O)C(O)C1O. The highest BCUT2D eigenvalue weighted by atomic mass is 32.2. The summed E-state index contributed by atoms with van der Waals surface area (Å²) in [7, 11) is -4.60. The fourth-order valence-corrected chi connectivity index (χ4v) is 6.71. The molecule has 13 heteroatoms. The molecule has 6 atom stereocenters. The lowest BCUT2D eigenvalue weighted by Gasteiger charge is -2.40. The van der Waals surface area contributed by atoms with Crippen molar-refractivity contribution in [3.8, 4) is 0 Å². The van der Waals surface area contributed by atoms with E-state index < -0.39 is 71.2 Å². The average molecular weight is 815 g/mol. The maximum atomic E-state index is 12.7. The number of hydrogen-bond acceptors (Lipinski definition) is 11. The zero-order valence-corrected chi connectivity index (χ0v) is 35.0. The number of esters is 2. The third-order valence-corrected chi connectivity index (χ3v) is 10.1. The standard InChI is InChI=1S/C43H74O12S/c1-3-5-7-9-11-13-15-16-17-18-19-20-22-23-25-27-29-31-38(44)52-33-36(54-39(45)32-30-28-26-24-21-14-12-10-8-6-4-2)34-53-43-42(48)41(47)40(46)37(55-43)35-56(49,50)51/h10-13,16-17,19-20,36-37,40-43,46-48H,3-9,14-15,18,21-35H2,1-2H3,(H,49,50,51)/b12-10+,13-11+,17-16+,20-19+/t36-,37-,40-,41?,42?,43+/m1/s1. The molecule has 0 bridgehead atoms. The summed E-state index contributed by atoms with van der Waals surface area (Å²) in [5.41, 5.74) is 0. The zero-order valence-electron chi connectivity index (χ0n) is 34.2. The van der Waals surface area contributed by atoms with Gasteiger partial charge in [0.05, 0.1) is 6.61 Å². The van der Waals surface area contributed by atoms with Gasteiger partial charge in [-0.05, 0) is 70.6 Å². The summed E-state index contributed by atoms with van der Waals surface area (Å²) in [5.74, 6) is -2.03. The van der Waals surface area contributed by atoms with Gasteiger partial charge in [0.15, 0.2) is 12.4 Å². The number of ether oxygens (including phenoxy) is 4. The van der Waals surface area contributed by atoms with E-state index in [1.54, 1.807) is 0 Å². The molecule has 56 heavy (non-hydrogen) atoms. The number of aliphatic hydroxyl groups excluding tert-OH is 3. The van der Waals surface area contributed by atoms with Gasteiger partial charge in [-0.15, -0.1) is 0 Å². The van der Waals surface area contributed by atoms with E-state index in [9.17, 15) is 37.9 Å². The van der Waals surface area contributed by atoms with Crippen LogP contribution in [0.15, 0.2) is 48.6 Å². The Morgan fingerprint density at radius 3 is 1.66 bits per heavy atom. The molecule has 0 aromatic rings. The van der Waals surface area contributed by atoms with E-state index in [1.165, 1.54) is 32.1 Å². The van der Waals surface area contributed by atoms with Crippen molar-refractivity contribution in [1.82, 2.24) is 0 Å². The third-order valence-electron chi connectivity index (χ3n) is 9.38. The highest BCUT2D eigenvalue weighted by Crippen LogP contribution is 2.24. The fraction of sp³-hybridized carbons (Fsp3) is 0.767. The van der Waals surface area contributed by atoms with Crippen LogP contribution in [0.4, 0.5) is 0 Å². The van der Waals surface area contributed by atoms with Crippen molar-refractivity contribution >= 4 is 22.1 Å². The van der Waals surface area contributed by atoms with Gasteiger partial charge in [0.2, 0.25) is 0 Å². The summed E-state index contributed by atoms with van der Waals surface area (Å²) in [6, 6.07) is 0. The van der Waals surface area contributed by atoms with Crippen molar-refractivity contribution in [1.29, 1.82) is 0 Å². The molecule has 2 unspecified atom stereocenters. The van der Waals surface area contributed by atoms with E-state index in [1.807, 2.05) is 0 Å². The number of hydrogen-bond donors (Lipinski definition) is 4. The second-order valence-electron chi connectivity index (χ2n) is 14.6. The van der Waals surface area contributed by atoms with E-state index >= 15 is 0 Å². The molecule has 1 fully saturated rings. The molecule has 1 rings (SSSR count). The van der Waals surface area contributed by atoms with Crippen molar-refractivity contribution in [2.75, 3.05) is 19.0 Å². The van der Waals surface area contributed by atoms with E-state index in [-0.39, 0.29) is 19.4 Å². The molecule has 0 amide bonds. The van der Waals surface area contributed by atoms with Crippen LogP contribution in [-0.2, 0) is 38.7 Å². The lowest BCUT2D eigenvalue weighted by atomic mass is 10.00. The molecule has 0 aliphatic carbocycles. The first kappa shape index (κ1) is 51.6. The highest BCUT2D eigenvalue weighted by Gasteiger charge is 2.46. The predicted octanol–water partition coefficient (Wildman–Crippen LogP) is 8.00. The average Bonchev–Trinajstić information content (AvgIpc) is 3.16. The molecule has 1 saturated heterocycles. The van der Waals surface area contributed by atoms with E-state index in [0.29, 0.717) is 12.8 Å². The molecular weight excluding hydrogens is 741 g/mol. The van der Waals surface area contributed by atoms with E-state index in [2.05, 4.69) is 62.5 Å². The molecule has 0 spiro atoms. The summed E-state index contributed by atoms with van der Waals surface area (Å²) in [5, 5.41) is 30.8. The lowest BCUT2D eigenvalue weighted by Crippen LogP contribution is -2.60. The highest BCUT2D eigenvalue weighted by molar-refractivity contribution is 7.85. The molecule has 0 radical (unpaired) electrons. The molecule has 1 heterocycles. The Balaban J connectivity index is 2.49. The summed E-state index contributed by atoms with van der Waals surface area (Å²) in [6.07, 6.45) is 28.8. The Bertz CT molecular complexity index is 1230. The number of carbonyl (C=O) groups is 2. The van der Waals surface area contributed by atoms with Crippen LogP contribution in [0.1, 0.15) is 155 Å². The first-order valence-electron chi connectivity index (χ1n) is 21.2. The Morgan fingerprint density at radius 1 is 0.607 bits per heavy atom. The molecule has 0 saturated carbocycles. The second-order valence-corrected chi connectivity index (χ2v) is 16.1. The molecular formula is C43H74O12S. The van der Waals surface area contributed by atoms with Gasteiger partial charge in [0.25, 0.3) is 10.1 Å². The number of allylic oxidation sites excluding steroid dienone is 8. The van der Waals surface area contributed by atoms with Crippen LogP contribution in [0.2, 0.25) is 0 Å². The summed E-state index contributed by atoms with van der Waals surface area (Å²) >= 11 is 0. The second kappa shape index (κ2) is 33.6. The number of carbonyl (C=O) groups excluding carboxylic acids is 2. The van der Waals surface area contributed by atoms with Gasteiger partial charge in [-0.3, -0.25) is 14.1 Å². The van der Waals surface area contributed by atoms with Crippen molar-refractivity contribution < 1.29 is 56.8 Å². The van der Waals surface area contributed by atoms with Crippen LogP contribution in [-0.4, -0.2) is 96.0 Å². The fourth-order valence-electron chi connectivity index (χ4n) is 6.02. The van der Waals surface area contributed by atoms with Gasteiger partial charge >= 0.3 is 11.9 Å². The van der Waals surface area contributed by atoms with E-state index in [4.69, 9.17) is 18.9 Å². The molecule has 324 valence electrons. The molecule has 0 aromatic carbocycles. The number of aliphatic hydroxyl groups is 3. The van der Waals surface area contributed by atoms with Crippen LogP contribution in [0.5, 0.6) is 0 Å². The predicted molar refractivity (Wildman–Crippen MR) is 219 cm³/mol. The van der Waals surface area contributed by atoms with Crippen LogP contribution in [0, 0.1) is 0 Å². The quantitative estimate of drug-likeness (QED) is 0.0213. The van der Waals surface area contributed by atoms with Gasteiger partial charge in [0, 0.05) is 12.8 Å². The molecule has 1 aliphatic heterocycles. The molecule has 0 aromatic heterocycles. The Labute approximate surface area is 337 Å². The van der Waals surface area contributed by atoms with Crippen LogP contribution in [0.25, 0.3) is 0 Å². The van der Waals surface area contributed by atoms with Gasteiger partial charge in [0.1, 0.15) is 36.8 Å².